The van der Waals surface area contributed by atoms with Crippen molar-refractivity contribution in [2.45, 2.75) is 4.90 Å². The lowest BCUT2D eigenvalue weighted by atomic mass is 10.0. The van der Waals surface area contributed by atoms with E-state index in [1.165, 1.54) is 11.0 Å². The van der Waals surface area contributed by atoms with E-state index in [-0.39, 0.29) is 23.4 Å². The van der Waals surface area contributed by atoms with Crippen molar-refractivity contribution < 1.29 is 17.9 Å². The van der Waals surface area contributed by atoms with Crippen LogP contribution in [0.2, 0.25) is 0 Å². The van der Waals surface area contributed by atoms with Crippen LogP contribution in [0.5, 0.6) is 5.75 Å². The Morgan fingerprint density at radius 1 is 1.00 bits per heavy atom. The molecule has 5 N–H and O–H groups in total. The molecule has 3 aromatic rings. The topological polar surface area (TPSA) is 140 Å². The van der Waals surface area contributed by atoms with Gasteiger partial charge in [0.15, 0.2) is 6.73 Å². The van der Waals surface area contributed by atoms with Gasteiger partial charge in [-0.05, 0) is 35.9 Å². The maximum atomic E-state index is 12.7. The Bertz CT molecular complexity index is 1220. The number of nitrogens with one attached hydrogen (secondary N) is 1. The summed E-state index contributed by atoms with van der Waals surface area (Å²) in [6.07, 6.45) is 0. The summed E-state index contributed by atoms with van der Waals surface area (Å²) in [7, 11) is -2.28. The third kappa shape index (κ3) is 5.27. The van der Waals surface area contributed by atoms with Gasteiger partial charge in [0, 0.05) is 23.7 Å². The third-order valence-corrected chi connectivity index (χ3v) is 5.52. The van der Waals surface area contributed by atoms with Crippen molar-refractivity contribution in [3.63, 3.8) is 0 Å². The highest BCUT2D eigenvalue weighted by Gasteiger charge is 2.16. The standard InChI is InChI=1S/C22H22N4O4S/c1-26(14-30-18-6-4-5-17(13-18)21(23)24)22(27)16-11-9-15(10-12-16)19-7-2-3-8-20(19)31(25,28)29/h2-13H,14H2,1H3,(H3,23,24)(H2,25,28,29). The molecular weight excluding hydrogens is 416 g/mol. The van der Waals surface area contributed by atoms with Gasteiger partial charge in [0.05, 0.1) is 4.90 Å². The molecule has 0 bridgehead atoms. The number of carbonyl (C=O) groups is 1. The first-order chi connectivity index (χ1) is 14.7. The summed E-state index contributed by atoms with van der Waals surface area (Å²) in [5.74, 6) is 0.148. The number of nitrogens with two attached hydrogens (primary N) is 2. The Labute approximate surface area is 180 Å². The molecule has 0 saturated heterocycles. The van der Waals surface area contributed by atoms with Crippen LogP contribution < -0.4 is 15.6 Å². The summed E-state index contributed by atoms with van der Waals surface area (Å²) >= 11 is 0. The first kappa shape index (κ1) is 22.0. The molecule has 0 aliphatic heterocycles. The number of nitrogen functional groups attached to an aromatic ring is 1. The van der Waals surface area contributed by atoms with E-state index in [0.29, 0.717) is 28.0 Å². The minimum Gasteiger partial charge on any atom is -0.473 e. The first-order valence-electron chi connectivity index (χ1n) is 9.22. The van der Waals surface area contributed by atoms with E-state index in [0.717, 1.165) is 0 Å². The Morgan fingerprint density at radius 2 is 1.68 bits per heavy atom. The van der Waals surface area contributed by atoms with Gasteiger partial charge in [-0.1, -0.05) is 42.5 Å². The minimum absolute atomic E-state index is 0.00378. The second-order valence-corrected chi connectivity index (χ2v) is 8.37. The van der Waals surface area contributed by atoms with Crippen LogP contribution in [0.3, 0.4) is 0 Å². The van der Waals surface area contributed by atoms with E-state index in [4.69, 9.17) is 21.0 Å². The number of amides is 1. The molecule has 31 heavy (non-hydrogen) atoms. The van der Waals surface area contributed by atoms with Gasteiger partial charge in [0.2, 0.25) is 10.0 Å². The minimum atomic E-state index is -3.88. The molecule has 0 unspecified atom stereocenters. The smallest absolute Gasteiger partial charge is 0.256 e. The van der Waals surface area contributed by atoms with Crippen molar-refractivity contribution in [1.82, 2.24) is 4.90 Å². The van der Waals surface area contributed by atoms with Crippen LogP contribution in [0, 0.1) is 5.41 Å². The molecule has 1 amide bonds. The van der Waals surface area contributed by atoms with Gasteiger partial charge in [0.25, 0.3) is 5.91 Å². The van der Waals surface area contributed by atoms with Gasteiger partial charge < -0.3 is 15.4 Å². The second-order valence-electron chi connectivity index (χ2n) is 6.84. The molecule has 0 aliphatic carbocycles. The molecule has 0 saturated carbocycles. The zero-order chi connectivity index (χ0) is 22.6. The fourth-order valence-corrected chi connectivity index (χ4v) is 3.71. The lowest BCUT2D eigenvalue weighted by Crippen LogP contribution is -2.30. The largest absolute Gasteiger partial charge is 0.473 e. The Balaban J connectivity index is 1.72. The first-order valence-corrected chi connectivity index (χ1v) is 10.8. The molecule has 9 heteroatoms. The van der Waals surface area contributed by atoms with Crippen LogP contribution >= 0.6 is 0 Å². The monoisotopic (exact) mass is 438 g/mol. The van der Waals surface area contributed by atoms with Gasteiger partial charge >= 0.3 is 0 Å². The molecule has 8 nitrogen and oxygen atoms in total. The molecule has 3 aromatic carbocycles. The Hall–Kier alpha value is -3.69. The van der Waals surface area contributed by atoms with Crippen LogP contribution in [-0.2, 0) is 10.0 Å². The zero-order valence-electron chi connectivity index (χ0n) is 16.8. The average Bonchev–Trinajstić information content (AvgIpc) is 2.76. The highest BCUT2D eigenvalue weighted by Crippen LogP contribution is 2.27. The van der Waals surface area contributed by atoms with E-state index in [2.05, 4.69) is 0 Å². The normalized spacial score (nSPS) is 11.0. The van der Waals surface area contributed by atoms with Crippen LogP contribution in [0.4, 0.5) is 0 Å². The number of ether oxygens (including phenoxy) is 1. The Morgan fingerprint density at radius 3 is 2.32 bits per heavy atom. The molecule has 0 aliphatic rings. The van der Waals surface area contributed by atoms with Crippen LogP contribution in [0.25, 0.3) is 11.1 Å². The van der Waals surface area contributed by atoms with Crippen molar-refractivity contribution in [2.75, 3.05) is 13.8 Å². The highest BCUT2D eigenvalue weighted by atomic mass is 32.2. The van der Waals surface area contributed by atoms with Crippen molar-refractivity contribution in [2.24, 2.45) is 10.9 Å². The van der Waals surface area contributed by atoms with Crippen molar-refractivity contribution in [3.05, 3.63) is 83.9 Å². The number of nitrogens with zero attached hydrogens (tertiary/aromatic N) is 1. The quantitative estimate of drug-likeness (QED) is 0.295. The second kappa shape index (κ2) is 8.99. The van der Waals surface area contributed by atoms with Crippen molar-refractivity contribution >= 4 is 21.8 Å². The molecule has 0 spiro atoms. The summed E-state index contributed by atoms with van der Waals surface area (Å²) in [6, 6.07) is 19.7. The SMILES string of the molecule is CN(COc1cccc(C(=N)N)c1)C(=O)c1ccc(-c2ccccc2S(N)(=O)=O)cc1. The van der Waals surface area contributed by atoms with Gasteiger partial charge in [-0.2, -0.15) is 0 Å². The maximum absolute atomic E-state index is 12.7. The number of carbonyl (C=O) groups excluding carboxylic acids is 1. The number of benzene rings is 3. The summed E-state index contributed by atoms with van der Waals surface area (Å²) < 4.78 is 29.3. The van der Waals surface area contributed by atoms with E-state index < -0.39 is 10.0 Å². The summed E-state index contributed by atoms with van der Waals surface area (Å²) in [6.45, 7) is -0.00378. The average molecular weight is 439 g/mol. The number of primary sulfonamides is 1. The summed E-state index contributed by atoms with van der Waals surface area (Å²) in [5.41, 5.74) is 7.51. The van der Waals surface area contributed by atoms with E-state index in [1.807, 2.05) is 0 Å². The number of sulfonamides is 1. The third-order valence-electron chi connectivity index (χ3n) is 4.55. The lowest BCUT2D eigenvalue weighted by Gasteiger charge is -2.18. The number of hydrogen-bond donors (Lipinski definition) is 3. The highest BCUT2D eigenvalue weighted by molar-refractivity contribution is 7.89. The zero-order valence-corrected chi connectivity index (χ0v) is 17.6. The fourth-order valence-electron chi connectivity index (χ4n) is 2.95. The molecule has 0 radical (unpaired) electrons. The van der Waals surface area contributed by atoms with Gasteiger partial charge in [-0.3, -0.25) is 10.2 Å². The number of hydrogen-bond acceptors (Lipinski definition) is 5. The Kier molecular flexibility index (Phi) is 6.38. The maximum Gasteiger partial charge on any atom is 0.256 e. The van der Waals surface area contributed by atoms with E-state index >= 15 is 0 Å². The van der Waals surface area contributed by atoms with Gasteiger partial charge in [-0.15, -0.1) is 0 Å². The fraction of sp³-hybridized carbons (Fsp3) is 0.0909. The lowest BCUT2D eigenvalue weighted by molar-refractivity contribution is 0.0665. The molecule has 0 atom stereocenters. The van der Waals surface area contributed by atoms with Crippen molar-refractivity contribution in [3.8, 4) is 16.9 Å². The predicted octanol–water partition coefficient (Wildman–Crippen LogP) is 2.39. The molecule has 3 rings (SSSR count). The predicted molar refractivity (Wildman–Crippen MR) is 118 cm³/mol. The van der Waals surface area contributed by atoms with E-state index in [1.54, 1.807) is 73.8 Å². The van der Waals surface area contributed by atoms with Crippen LogP contribution in [0.1, 0.15) is 15.9 Å². The van der Waals surface area contributed by atoms with Crippen molar-refractivity contribution in [1.29, 1.82) is 5.41 Å². The summed E-state index contributed by atoms with van der Waals surface area (Å²) in [5, 5.41) is 12.8. The van der Waals surface area contributed by atoms with Gasteiger partial charge in [0.1, 0.15) is 11.6 Å². The molecule has 0 aromatic heterocycles. The van der Waals surface area contributed by atoms with Crippen LogP contribution in [0.15, 0.2) is 77.7 Å². The number of rotatable bonds is 7. The molecule has 160 valence electrons. The molecule has 0 heterocycles. The summed E-state index contributed by atoms with van der Waals surface area (Å²) in [4.78, 5) is 14.1. The van der Waals surface area contributed by atoms with Crippen LogP contribution in [-0.4, -0.2) is 38.8 Å². The van der Waals surface area contributed by atoms with E-state index in [9.17, 15) is 13.2 Å². The number of amidine groups is 1. The molecular formula is C22H22N4O4S. The van der Waals surface area contributed by atoms with Gasteiger partial charge in [-0.25, -0.2) is 13.6 Å². The molecule has 0 fully saturated rings.